The van der Waals surface area contributed by atoms with E-state index in [1.807, 2.05) is 22.9 Å². The number of nitrogens with one attached hydrogen (secondary N) is 1. The first kappa shape index (κ1) is 18.1. The third-order valence-corrected chi connectivity index (χ3v) is 7.96. The van der Waals surface area contributed by atoms with Crippen LogP contribution < -0.4 is 5.32 Å². The minimum Gasteiger partial charge on any atom is -0.325 e. The zero-order valence-electron chi connectivity index (χ0n) is 14.6. The molecule has 1 aromatic carbocycles. The Morgan fingerprint density at radius 2 is 1.96 bits per heavy atom. The van der Waals surface area contributed by atoms with E-state index in [1.54, 1.807) is 6.33 Å². The van der Waals surface area contributed by atoms with Crippen molar-refractivity contribution < 1.29 is 4.79 Å². The topological polar surface area (TPSA) is 59.8 Å². The van der Waals surface area contributed by atoms with Gasteiger partial charge in [-0.25, -0.2) is 9.67 Å². The van der Waals surface area contributed by atoms with Crippen molar-refractivity contribution in [2.24, 2.45) is 17.3 Å². The van der Waals surface area contributed by atoms with Crippen LogP contribution in [-0.2, 0) is 10.3 Å². The second kappa shape index (κ2) is 6.29. The zero-order chi connectivity index (χ0) is 18.8. The number of anilines is 1. The van der Waals surface area contributed by atoms with Gasteiger partial charge in [-0.3, -0.25) is 4.79 Å². The molecule has 0 unspecified atom stereocenters. The summed E-state index contributed by atoms with van der Waals surface area (Å²) in [7, 11) is 0. The molecule has 6 rings (SSSR count). The van der Waals surface area contributed by atoms with Crippen LogP contribution in [0.3, 0.4) is 0 Å². The van der Waals surface area contributed by atoms with Gasteiger partial charge >= 0.3 is 0 Å². The molecule has 4 fully saturated rings. The highest BCUT2D eigenvalue weighted by Crippen LogP contribution is 2.64. The zero-order valence-corrected chi connectivity index (χ0v) is 18.5. The summed E-state index contributed by atoms with van der Waals surface area (Å²) in [6, 6.07) is 5.83. The molecular formula is C19H19Br2ClN4O. The highest BCUT2D eigenvalue weighted by molar-refractivity contribution is 9.11. The quantitative estimate of drug-likeness (QED) is 0.598. The maximum atomic E-state index is 13.5. The first-order valence-electron chi connectivity index (χ1n) is 9.22. The van der Waals surface area contributed by atoms with E-state index in [-0.39, 0.29) is 22.1 Å². The van der Waals surface area contributed by atoms with Crippen molar-refractivity contribution in [2.45, 2.75) is 44.1 Å². The van der Waals surface area contributed by atoms with E-state index < -0.39 is 0 Å². The number of nitrogens with zero attached hydrogens (tertiary/aromatic N) is 3. The fourth-order valence-corrected chi connectivity index (χ4v) is 7.34. The molecule has 0 aliphatic heterocycles. The number of hydrogen-bond donors (Lipinski definition) is 1. The molecule has 8 heteroatoms. The Kier molecular flexibility index (Phi) is 4.22. The van der Waals surface area contributed by atoms with Crippen molar-refractivity contribution in [3.05, 3.63) is 38.8 Å². The molecule has 0 saturated heterocycles. The Labute approximate surface area is 179 Å². The Balaban J connectivity index is 1.47. The molecule has 1 amide bonds. The summed E-state index contributed by atoms with van der Waals surface area (Å²) in [5, 5.41) is 7.90. The molecule has 0 radical (unpaired) electrons. The van der Waals surface area contributed by atoms with Gasteiger partial charge in [0.05, 0.1) is 16.6 Å². The van der Waals surface area contributed by atoms with E-state index in [1.165, 1.54) is 6.42 Å². The fourth-order valence-electron chi connectivity index (χ4n) is 6.07. The number of carbonyl (C=O) groups excluding carboxylic acids is 1. The van der Waals surface area contributed by atoms with Crippen LogP contribution in [0.25, 0.3) is 0 Å². The molecule has 1 aromatic heterocycles. The second-order valence-electron chi connectivity index (χ2n) is 8.50. The van der Waals surface area contributed by atoms with Crippen molar-refractivity contribution in [3.8, 4) is 0 Å². The van der Waals surface area contributed by atoms with Crippen molar-refractivity contribution in [1.82, 2.24) is 14.8 Å². The lowest BCUT2D eigenvalue weighted by Crippen LogP contribution is -2.60. The normalized spacial score (nSPS) is 34.0. The number of carbonyl (C=O) groups is 1. The maximum absolute atomic E-state index is 13.5. The summed E-state index contributed by atoms with van der Waals surface area (Å²) >= 11 is 13.0. The summed E-state index contributed by atoms with van der Waals surface area (Å²) in [6.45, 7) is 0. The van der Waals surface area contributed by atoms with Gasteiger partial charge in [-0.2, -0.15) is 0 Å². The summed E-state index contributed by atoms with van der Waals surface area (Å²) in [6.07, 6.45) is 7.85. The van der Waals surface area contributed by atoms with Crippen LogP contribution in [0.5, 0.6) is 0 Å². The van der Waals surface area contributed by atoms with Crippen LogP contribution >= 0.6 is 43.5 Å². The highest BCUT2D eigenvalue weighted by Gasteiger charge is 2.61. The maximum Gasteiger partial charge on any atom is 0.242 e. The first-order chi connectivity index (χ1) is 12.9. The van der Waals surface area contributed by atoms with Crippen LogP contribution in [0.15, 0.2) is 33.5 Å². The predicted octanol–water partition coefficient (Wildman–Crippen LogP) is 5.39. The fraction of sp³-hybridized carbons (Fsp3) is 0.526. The van der Waals surface area contributed by atoms with E-state index in [9.17, 15) is 4.79 Å². The van der Waals surface area contributed by atoms with Crippen molar-refractivity contribution in [3.63, 3.8) is 0 Å². The number of aromatic nitrogens is 3. The average molecular weight is 515 g/mol. The number of benzene rings is 1. The van der Waals surface area contributed by atoms with Gasteiger partial charge in [0.2, 0.25) is 11.2 Å². The molecule has 4 aliphatic rings. The summed E-state index contributed by atoms with van der Waals surface area (Å²) in [4.78, 5) is 17.6. The van der Waals surface area contributed by atoms with Crippen molar-refractivity contribution >= 4 is 55.1 Å². The first-order valence-corrected chi connectivity index (χ1v) is 11.2. The average Bonchev–Trinajstić information content (AvgIpc) is 3.03. The number of rotatable bonds is 3. The summed E-state index contributed by atoms with van der Waals surface area (Å²) in [5.74, 6) is 1.26. The minimum atomic E-state index is -0.338. The van der Waals surface area contributed by atoms with Gasteiger partial charge in [-0.05, 0) is 96.1 Å². The largest absolute Gasteiger partial charge is 0.325 e. The molecule has 4 saturated carbocycles. The molecule has 142 valence electrons. The SMILES string of the molecule is O=C(Nc1ccc(Br)cc1Br)C12C[C@@H]3C[C@@H](C1)CC(n1cnc(Cl)n1)(C3)C2. The molecule has 5 nitrogen and oxygen atoms in total. The number of hydrogen-bond acceptors (Lipinski definition) is 3. The Bertz CT molecular complexity index is 916. The van der Waals surface area contributed by atoms with E-state index in [4.69, 9.17) is 11.6 Å². The van der Waals surface area contributed by atoms with E-state index in [2.05, 4.69) is 47.3 Å². The third kappa shape index (κ3) is 2.97. The lowest BCUT2D eigenvalue weighted by molar-refractivity contribution is -0.150. The Morgan fingerprint density at radius 3 is 2.59 bits per heavy atom. The van der Waals surface area contributed by atoms with Crippen LogP contribution in [0.1, 0.15) is 38.5 Å². The lowest BCUT2D eigenvalue weighted by atomic mass is 9.46. The third-order valence-electron chi connectivity index (χ3n) is 6.64. The molecule has 1 N–H and O–H groups in total. The van der Waals surface area contributed by atoms with Crippen LogP contribution in [0.4, 0.5) is 5.69 Å². The van der Waals surface area contributed by atoms with Gasteiger partial charge in [-0.15, -0.1) is 5.10 Å². The van der Waals surface area contributed by atoms with Gasteiger partial charge in [-0.1, -0.05) is 15.9 Å². The molecule has 27 heavy (non-hydrogen) atoms. The van der Waals surface area contributed by atoms with E-state index in [0.29, 0.717) is 11.8 Å². The number of halogens is 3. The van der Waals surface area contributed by atoms with Gasteiger partial charge in [0.1, 0.15) is 6.33 Å². The summed E-state index contributed by atoms with van der Waals surface area (Å²) < 4.78 is 3.81. The standard InChI is InChI=1S/C19H19Br2ClN4O/c20-13-1-2-15(14(21)4-13)24-16(27)18-5-11-3-12(6-18)8-19(7-11,9-18)26-10-23-17(22)25-26/h1-2,4,10-12H,3,5-9H2,(H,24,27)/t11-,12-,18?,19?/m0/s1. The molecule has 2 atom stereocenters. The minimum absolute atomic E-state index is 0.126. The van der Waals surface area contributed by atoms with E-state index >= 15 is 0 Å². The van der Waals surface area contributed by atoms with Crippen molar-refractivity contribution in [1.29, 1.82) is 0 Å². The van der Waals surface area contributed by atoms with Gasteiger partial charge < -0.3 is 5.32 Å². The van der Waals surface area contributed by atoms with Crippen LogP contribution in [-0.4, -0.2) is 20.7 Å². The highest BCUT2D eigenvalue weighted by atomic mass is 79.9. The molecule has 4 aliphatic carbocycles. The smallest absolute Gasteiger partial charge is 0.242 e. The van der Waals surface area contributed by atoms with Gasteiger partial charge in [0.25, 0.3) is 0 Å². The molecule has 2 aromatic rings. The second-order valence-corrected chi connectivity index (χ2v) is 10.6. The lowest BCUT2D eigenvalue weighted by Gasteiger charge is -2.60. The van der Waals surface area contributed by atoms with Crippen molar-refractivity contribution in [2.75, 3.05) is 5.32 Å². The predicted molar refractivity (Wildman–Crippen MR) is 111 cm³/mol. The van der Waals surface area contributed by atoms with Crippen LogP contribution in [0.2, 0.25) is 5.28 Å². The molecule has 4 bridgehead atoms. The summed E-state index contributed by atoms with van der Waals surface area (Å²) in [5.41, 5.74) is 0.352. The Morgan fingerprint density at radius 1 is 1.22 bits per heavy atom. The van der Waals surface area contributed by atoms with Gasteiger partial charge in [0, 0.05) is 8.95 Å². The van der Waals surface area contributed by atoms with Gasteiger partial charge in [0.15, 0.2) is 0 Å². The Hall–Kier alpha value is -0.920. The molecule has 0 spiro atoms. The van der Waals surface area contributed by atoms with Crippen LogP contribution in [0, 0.1) is 17.3 Å². The monoisotopic (exact) mass is 512 g/mol. The van der Waals surface area contributed by atoms with E-state index in [0.717, 1.165) is 46.7 Å². The molecular weight excluding hydrogens is 495 g/mol. The molecule has 1 heterocycles. The number of amides is 1.